The number of aromatic nitrogens is 2. The number of benzene rings is 1. The van der Waals surface area contributed by atoms with E-state index in [9.17, 15) is 9.59 Å². The number of carbonyl (C=O) groups excluding carboxylic acids is 1. The fourth-order valence-electron chi connectivity index (χ4n) is 2.52. The molecule has 2 N–H and O–H groups in total. The zero-order valence-corrected chi connectivity index (χ0v) is 12.8. The van der Waals surface area contributed by atoms with E-state index in [2.05, 4.69) is 26.4 Å². The molecular formula is C16H17N5O2. The number of anilines is 1. The second-order valence-corrected chi connectivity index (χ2v) is 5.66. The maximum atomic E-state index is 12.1. The fourth-order valence-corrected chi connectivity index (χ4v) is 2.52. The highest BCUT2D eigenvalue weighted by Gasteiger charge is 2.39. The van der Waals surface area contributed by atoms with Crippen molar-refractivity contribution in [2.24, 2.45) is 17.3 Å². The number of carbonyl (C=O) groups is 1. The Kier molecular flexibility index (Phi) is 3.74. The van der Waals surface area contributed by atoms with Crippen LogP contribution in [0.5, 0.6) is 0 Å². The Morgan fingerprint density at radius 1 is 1.43 bits per heavy atom. The highest BCUT2D eigenvalue weighted by molar-refractivity contribution is 5.93. The van der Waals surface area contributed by atoms with Gasteiger partial charge in [0.05, 0.1) is 11.0 Å². The molecule has 2 heterocycles. The van der Waals surface area contributed by atoms with Crippen molar-refractivity contribution in [3.63, 3.8) is 0 Å². The van der Waals surface area contributed by atoms with Gasteiger partial charge < -0.3 is 10.3 Å². The topological polar surface area (TPSA) is 91.6 Å². The van der Waals surface area contributed by atoms with E-state index in [1.165, 1.54) is 4.57 Å². The molecule has 118 valence electrons. The number of aromatic amines is 1. The molecule has 7 nitrogen and oxygen atoms in total. The number of hydrogen-bond donors (Lipinski definition) is 2. The second-order valence-electron chi connectivity index (χ2n) is 5.66. The van der Waals surface area contributed by atoms with Crippen LogP contribution in [0.2, 0.25) is 0 Å². The molecule has 0 unspecified atom stereocenters. The van der Waals surface area contributed by atoms with Crippen LogP contribution in [-0.4, -0.2) is 21.1 Å². The number of imidazole rings is 1. The normalized spacial score (nSPS) is 14.6. The lowest BCUT2D eigenvalue weighted by Crippen LogP contribution is -2.17. The summed E-state index contributed by atoms with van der Waals surface area (Å²) in [6.45, 7) is 0. The van der Waals surface area contributed by atoms with Crippen LogP contribution in [0.4, 0.5) is 5.69 Å². The van der Waals surface area contributed by atoms with Gasteiger partial charge in [-0.2, -0.15) is 10.2 Å². The number of terminal acetylenes is 1. The van der Waals surface area contributed by atoms with Crippen LogP contribution in [-0.2, 0) is 11.8 Å². The summed E-state index contributed by atoms with van der Waals surface area (Å²) in [5.74, 6) is 2.45. The molecule has 1 aromatic carbocycles. The molecule has 0 aliphatic carbocycles. The largest absolute Gasteiger partial charge is 0.326 e. The summed E-state index contributed by atoms with van der Waals surface area (Å²) in [4.78, 5) is 26.4. The van der Waals surface area contributed by atoms with E-state index in [1.54, 1.807) is 25.2 Å². The van der Waals surface area contributed by atoms with Crippen molar-refractivity contribution in [1.82, 2.24) is 9.55 Å². The predicted molar refractivity (Wildman–Crippen MR) is 87.1 cm³/mol. The summed E-state index contributed by atoms with van der Waals surface area (Å²) in [5.41, 5.74) is 1.49. The zero-order valence-electron chi connectivity index (χ0n) is 12.8. The minimum atomic E-state index is -0.446. The lowest BCUT2D eigenvalue weighted by molar-refractivity contribution is -0.116. The molecule has 0 saturated carbocycles. The first-order valence-electron chi connectivity index (χ1n) is 7.39. The lowest BCUT2D eigenvalue weighted by Gasteiger charge is -2.09. The molecule has 23 heavy (non-hydrogen) atoms. The number of amides is 1. The summed E-state index contributed by atoms with van der Waals surface area (Å²) in [7, 11) is 1.69. The van der Waals surface area contributed by atoms with Gasteiger partial charge in [-0.25, -0.2) is 4.79 Å². The van der Waals surface area contributed by atoms with Gasteiger partial charge in [0.15, 0.2) is 5.66 Å². The molecule has 0 bridgehead atoms. The molecule has 1 aromatic heterocycles. The first-order chi connectivity index (χ1) is 11.0. The van der Waals surface area contributed by atoms with Crippen molar-refractivity contribution < 1.29 is 4.79 Å². The van der Waals surface area contributed by atoms with Crippen LogP contribution in [0.3, 0.4) is 0 Å². The molecule has 7 heteroatoms. The molecule has 0 fully saturated rings. The number of nitrogens with zero attached hydrogens (tertiary/aromatic N) is 3. The van der Waals surface area contributed by atoms with Gasteiger partial charge in [-0.1, -0.05) is 0 Å². The molecular weight excluding hydrogens is 294 g/mol. The van der Waals surface area contributed by atoms with Gasteiger partial charge in [-0.05, 0) is 18.2 Å². The Morgan fingerprint density at radius 2 is 2.22 bits per heavy atom. The maximum Gasteiger partial charge on any atom is 0.326 e. The van der Waals surface area contributed by atoms with Gasteiger partial charge in [-0.3, -0.25) is 9.36 Å². The first-order valence-corrected chi connectivity index (χ1v) is 7.39. The average molecular weight is 311 g/mol. The van der Waals surface area contributed by atoms with Crippen molar-refractivity contribution in [1.29, 1.82) is 0 Å². The number of fused-ring (bicyclic) bond motifs is 1. The summed E-state index contributed by atoms with van der Waals surface area (Å²) in [5, 5.41) is 10.8. The molecule has 1 aliphatic heterocycles. The van der Waals surface area contributed by atoms with E-state index in [0.29, 0.717) is 36.9 Å². The Labute approximate surface area is 132 Å². The minimum absolute atomic E-state index is 0.111. The highest BCUT2D eigenvalue weighted by atomic mass is 16.2. The summed E-state index contributed by atoms with van der Waals surface area (Å²) < 4.78 is 1.52. The Hall–Kier alpha value is -2.88. The van der Waals surface area contributed by atoms with Crippen molar-refractivity contribution in [3.8, 4) is 12.3 Å². The molecule has 0 spiro atoms. The van der Waals surface area contributed by atoms with Gasteiger partial charge in [0.2, 0.25) is 5.91 Å². The average Bonchev–Trinajstić information content (AvgIpc) is 3.25. The third kappa shape index (κ3) is 3.16. The van der Waals surface area contributed by atoms with Crippen molar-refractivity contribution in [2.75, 3.05) is 5.32 Å². The quantitative estimate of drug-likeness (QED) is 0.800. The van der Waals surface area contributed by atoms with E-state index in [4.69, 9.17) is 6.42 Å². The van der Waals surface area contributed by atoms with E-state index in [-0.39, 0.29) is 11.6 Å². The number of aryl methyl sites for hydroxylation is 1. The monoisotopic (exact) mass is 311 g/mol. The van der Waals surface area contributed by atoms with Crippen LogP contribution in [0, 0.1) is 12.3 Å². The summed E-state index contributed by atoms with van der Waals surface area (Å²) >= 11 is 0. The minimum Gasteiger partial charge on any atom is -0.326 e. The van der Waals surface area contributed by atoms with Crippen LogP contribution < -0.4 is 11.0 Å². The first kappa shape index (κ1) is 15.0. The van der Waals surface area contributed by atoms with Gasteiger partial charge in [-0.15, -0.1) is 12.3 Å². The molecule has 0 saturated heterocycles. The number of hydrogen-bond acceptors (Lipinski definition) is 4. The fraction of sp³-hybridized carbons (Fsp3) is 0.375. The predicted octanol–water partition coefficient (Wildman–Crippen LogP) is 2.16. The van der Waals surface area contributed by atoms with Gasteiger partial charge in [0.25, 0.3) is 0 Å². The van der Waals surface area contributed by atoms with Gasteiger partial charge in [0, 0.05) is 38.4 Å². The van der Waals surface area contributed by atoms with Crippen LogP contribution in [0.25, 0.3) is 11.0 Å². The van der Waals surface area contributed by atoms with Crippen molar-refractivity contribution in [3.05, 3.63) is 28.7 Å². The molecule has 1 aliphatic rings. The molecule has 0 atom stereocenters. The third-order valence-corrected chi connectivity index (χ3v) is 3.99. The van der Waals surface area contributed by atoms with E-state index in [1.807, 2.05) is 0 Å². The SMILES string of the molecule is C#CCCC1(CCC(=O)Nc2ccc3c(c2)[nH]c(=O)n3C)N=N1. The Bertz CT molecular complexity index is 878. The van der Waals surface area contributed by atoms with Crippen LogP contribution in [0.15, 0.2) is 33.2 Å². The highest BCUT2D eigenvalue weighted by Crippen LogP contribution is 2.37. The molecule has 1 amide bonds. The summed E-state index contributed by atoms with van der Waals surface area (Å²) in [6, 6.07) is 5.31. The molecule has 3 rings (SSSR count). The van der Waals surface area contributed by atoms with E-state index < -0.39 is 5.66 Å². The van der Waals surface area contributed by atoms with Gasteiger partial charge >= 0.3 is 5.69 Å². The van der Waals surface area contributed by atoms with Crippen LogP contribution >= 0.6 is 0 Å². The molecule has 0 radical (unpaired) electrons. The number of rotatable bonds is 6. The van der Waals surface area contributed by atoms with Crippen molar-refractivity contribution in [2.45, 2.75) is 31.3 Å². The van der Waals surface area contributed by atoms with E-state index in [0.717, 1.165) is 5.52 Å². The number of nitrogens with one attached hydrogen (secondary N) is 2. The maximum absolute atomic E-state index is 12.1. The standard InChI is InChI=1S/C16H17N5O2/c1-3-4-8-16(19-20-16)9-7-14(22)17-11-5-6-13-12(10-11)18-15(23)21(13)2/h1,5-6,10H,4,7-9H2,2H3,(H,17,22)(H,18,23). The zero-order chi connectivity index (χ0) is 16.4. The Balaban J connectivity index is 1.60. The van der Waals surface area contributed by atoms with Crippen molar-refractivity contribution >= 4 is 22.6 Å². The smallest absolute Gasteiger partial charge is 0.326 e. The molecule has 2 aromatic rings. The summed E-state index contributed by atoms with van der Waals surface area (Å²) in [6.07, 6.45) is 7.41. The second kappa shape index (κ2) is 5.72. The van der Waals surface area contributed by atoms with Crippen LogP contribution in [0.1, 0.15) is 25.7 Å². The third-order valence-electron chi connectivity index (χ3n) is 3.99. The Morgan fingerprint density at radius 3 is 2.91 bits per heavy atom. The number of H-pyrrole nitrogens is 1. The lowest BCUT2D eigenvalue weighted by atomic mass is 10.0. The van der Waals surface area contributed by atoms with E-state index >= 15 is 0 Å². The van der Waals surface area contributed by atoms with Gasteiger partial charge in [0.1, 0.15) is 0 Å².